The fraction of sp³-hybridized carbons (Fsp3) is 0.533. The van der Waals surface area contributed by atoms with Gasteiger partial charge in [0.05, 0.1) is 22.3 Å². The van der Waals surface area contributed by atoms with Gasteiger partial charge in [0.1, 0.15) is 0 Å². The van der Waals surface area contributed by atoms with Crippen molar-refractivity contribution in [2.75, 3.05) is 25.5 Å². The van der Waals surface area contributed by atoms with Gasteiger partial charge >= 0.3 is 0 Å². The molecule has 1 aliphatic rings. The standard InChI is InChI=1S/C15H21Cl2N3O/c1-10(20(2)11-6-7-11)8-18-9-14(21)19-15-12(16)4-3-5-13(15)17/h3-5,10-11,18H,6-9H2,1-2H3,(H,19,21). The first-order valence-corrected chi connectivity index (χ1v) is 7.91. The number of carbonyl (C=O) groups is 1. The number of rotatable bonds is 7. The molecule has 1 atom stereocenters. The summed E-state index contributed by atoms with van der Waals surface area (Å²) in [6, 6.07) is 6.27. The molecule has 6 heteroatoms. The van der Waals surface area contributed by atoms with E-state index >= 15 is 0 Å². The van der Waals surface area contributed by atoms with Crippen molar-refractivity contribution in [1.82, 2.24) is 10.2 Å². The first-order valence-electron chi connectivity index (χ1n) is 7.15. The van der Waals surface area contributed by atoms with Crippen LogP contribution in [0.25, 0.3) is 0 Å². The number of carbonyl (C=O) groups excluding carboxylic acids is 1. The average Bonchev–Trinajstić information content (AvgIpc) is 3.26. The Morgan fingerprint density at radius 3 is 2.57 bits per heavy atom. The van der Waals surface area contributed by atoms with Crippen LogP contribution in [0, 0.1) is 0 Å². The second-order valence-electron chi connectivity index (χ2n) is 5.52. The predicted molar refractivity (Wildman–Crippen MR) is 88.2 cm³/mol. The third-order valence-electron chi connectivity index (χ3n) is 3.77. The van der Waals surface area contributed by atoms with Crippen LogP contribution in [0.2, 0.25) is 10.0 Å². The Kier molecular flexibility index (Phi) is 5.88. The molecule has 116 valence electrons. The van der Waals surface area contributed by atoms with Crippen molar-refractivity contribution in [1.29, 1.82) is 0 Å². The van der Waals surface area contributed by atoms with Crippen molar-refractivity contribution < 1.29 is 4.79 Å². The van der Waals surface area contributed by atoms with Crippen molar-refractivity contribution >= 4 is 34.8 Å². The van der Waals surface area contributed by atoms with Crippen LogP contribution in [0.1, 0.15) is 19.8 Å². The molecule has 1 amide bonds. The molecule has 1 aromatic carbocycles. The highest BCUT2D eigenvalue weighted by Crippen LogP contribution is 2.29. The molecule has 0 heterocycles. The monoisotopic (exact) mass is 329 g/mol. The topological polar surface area (TPSA) is 44.4 Å². The Hall–Kier alpha value is -0.810. The molecule has 1 aromatic rings. The Labute approximate surface area is 135 Å². The zero-order valence-electron chi connectivity index (χ0n) is 12.3. The van der Waals surface area contributed by atoms with E-state index in [9.17, 15) is 4.79 Å². The third-order valence-corrected chi connectivity index (χ3v) is 4.40. The Balaban J connectivity index is 1.74. The molecule has 0 aliphatic heterocycles. The van der Waals surface area contributed by atoms with E-state index < -0.39 is 0 Å². The number of benzene rings is 1. The number of halogens is 2. The van der Waals surface area contributed by atoms with Crippen LogP contribution in [-0.4, -0.2) is 43.0 Å². The minimum atomic E-state index is -0.147. The van der Waals surface area contributed by atoms with Gasteiger partial charge in [-0.15, -0.1) is 0 Å². The van der Waals surface area contributed by atoms with Gasteiger partial charge in [0.2, 0.25) is 5.91 Å². The fourth-order valence-corrected chi connectivity index (χ4v) is 2.67. The highest BCUT2D eigenvalue weighted by Gasteiger charge is 2.28. The van der Waals surface area contributed by atoms with Crippen molar-refractivity contribution in [3.63, 3.8) is 0 Å². The Morgan fingerprint density at radius 1 is 1.38 bits per heavy atom. The number of nitrogens with one attached hydrogen (secondary N) is 2. The zero-order valence-corrected chi connectivity index (χ0v) is 13.8. The summed E-state index contributed by atoms with van der Waals surface area (Å²) in [6.45, 7) is 3.18. The number of para-hydroxylation sites is 1. The molecule has 0 bridgehead atoms. The van der Waals surface area contributed by atoms with Gasteiger partial charge in [-0.2, -0.15) is 0 Å². The quantitative estimate of drug-likeness (QED) is 0.808. The van der Waals surface area contributed by atoms with Gasteiger partial charge < -0.3 is 10.6 Å². The number of nitrogens with zero attached hydrogens (tertiary/aromatic N) is 1. The molecule has 0 saturated heterocycles. The Morgan fingerprint density at radius 2 is 2.00 bits per heavy atom. The van der Waals surface area contributed by atoms with Crippen LogP contribution in [0.4, 0.5) is 5.69 Å². The van der Waals surface area contributed by atoms with E-state index in [1.54, 1.807) is 18.2 Å². The number of amides is 1. The van der Waals surface area contributed by atoms with Crippen LogP contribution in [0.5, 0.6) is 0 Å². The summed E-state index contributed by atoms with van der Waals surface area (Å²) in [5, 5.41) is 6.79. The van der Waals surface area contributed by atoms with E-state index in [2.05, 4.69) is 29.5 Å². The number of hydrogen-bond donors (Lipinski definition) is 2. The largest absolute Gasteiger partial charge is 0.322 e. The summed E-state index contributed by atoms with van der Waals surface area (Å²) in [5.74, 6) is -0.147. The molecule has 0 aromatic heterocycles. The highest BCUT2D eigenvalue weighted by atomic mass is 35.5. The lowest BCUT2D eigenvalue weighted by molar-refractivity contribution is -0.115. The van der Waals surface area contributed by atoms with Crippen LogP contribution in [-0.2, 0) is 4.79 Å². The maximum atomic E-state index is 11.9. The van der Waals surface area contributed by atoms with Gasteiger partial charge in [-0.05, 0) is 38.9 Å². The van der Waals surface area contributed by atoms with Gasteiger partial charge in [-0.1, -0.05) is 29.3 Å². The van der Waals surface area contributed by atoms with Crippen LogP contribution >= 0.6 is 23.2 Å². The van der Waals surface area contributed by atoms with E-state index in [1.165, 1.54) is 12.8 Å². The minimum absolute atomic E-state index is 0.147. The van der Waals surface area contributed by atoms with Gasteiger partial charge in [0.15, 0.2) is 0 Å². The van der Waals surface area contributed by atoms with Gasteiger partial charge in [0, 0.05) is 18.6 Å². The van der Waals surface area contributed by atoms with E-state index in [-0.39, 0.29) is 12.5 Å². The van der Waals surface area contributed by atoms with Gasteiger partial charge in [0.25, 0.3) is 0 Å². The summed E-state index contributed by atoms with van der Waals surface area (Å²) in [4.78, 5) is 14.3. The summed E-state index contributed by atoms with van der Waals surface area (Å²) in [7, 11) is 2.13. The van der Waals surface area contributed by atoms with Crippen LogP contribution < -0.4 is 10.6 Å². The van der Waals surface area contributed by atoms with E-state index in [0.717, 1.165) is 12.6 Å². The summed E-state index contributed by atoms with van der Waals surface area (Å²) in [5.41, 5.74) is 0.468. The molecule has 21 heavy (non-hydrogen) atoms. The molecular weight excluding hydrogens is 309 g/mol. The minimum Gasteiger partial charge on any atom is -0.322 e. The van der Waals surface area contributed by atoms with Gasteiger partial charge in [-0.25, -0.2) is 0 Å². The maximum Gasteiger partial charge on any atom is 0.238 e. The molecule has 2 rings (SSSR count). The lowest BCUT2D eigenvalue weighted by Crippen LogP contribution is -2.41. The van der Waals surface area contributed by atoms with E-state index in [4.69, 9.17) is 23.2 Å². The molecule has 1 saturated carbocycles. The lowest BCUT2D eigenvalue weighted by Gasteiger charge is -2.24. The van der Waals surface area contributed by atoms with Crippen molar-refractivity contribution in [2.45, 2.75) is 31.8 Å². The van der Waals surface area contributed by atoms with Crippen LogP contribution in [0.15, 0.2) is 18.2 Å². The third kappa shape index (κ3) is 4.85. The summed E-state index contributed by atoms with van der Waals surface area (Å²) in [6.07, 6.45) is 2.57. The van der Waals surface area contributed by atoms with E-state index in [1.807, 2.05) is 0 Å². The van der Waals surface area contributed by atoms with Crippen molar-refractivity contribution in [3.05, 3.63) is 28.2 Å². The normalized spacial score (nSPS) is 16.0. The Bertz CT molecular complexity index is 485. The molecule has 1 fully saturated rings. The number of likely N-dealkylation sites (N-methyl/N-ethyl adjacent to an activating group) is 1. The molecule has 1 unspecified atom stereocenters. The van der Waals surface area contributed by atoms with E-state index in [0.29, 0.717) is 21.8 Å². The summed E-state index contributed by atoms with van der Waals surface area (Å²) >= 11 is 12.0. The first-order chi connectivity index (χ1) is 9.99. The van der Waals surface area contributed by atoms with Gasteiger partial charge in [-0.3, -0.25) is 9.69 Å². The maximum absolute atomic E-state index is 11.9. The number of anilines is 1. The molecular formula is C15H21Cl2N3O. The van der Waals surface area contributed by atoms with Crippen LogP contribution in [0.3, 0.4) is 0 Å². The summed E-state index contributed by atoms with van der Waals surface area (Å²) < 4.78 is 0. The second kappa shape index (κ2) is 7.45. The lowest BCUT2D eigenvalue weighted by atomic mass is 10.3. The first kappa shape index (κ1) is 16.6. The zero-order chi connectivity index (χ0) is 15.4. The molecule has 0 radical (unpaired) electrons. The highest BCUT2D eigenvalue weighted by molar-refractivity contribution is 6.39. The molecule has 4 nitrogen and oxygen atoms in total. The van der Waals surface area contributed by atoms with Crippen molar-refractivity contribution in [3.8, 4) is 0 Å². The molecule has 2 N–H and O–H groups in total. The SMILES string of the molecule is CC(CNCC(=O)Nc1c(Cl)cccc1Cl)N(C)C1CC1. The average molecular weight is 330 g/mol. The predicted octanol–water partition coefficient (Wildman–Crippen LogP) is 3.00. The van der Waals surface area contributed by atoms with Crippen molar-refractivity contribution in [2.24, 2.45) is 0 Å². The second-order valence-corrected chi connectivity index (χ2v) is 6.34. The smallest absolute Gasteiger partial charge is 0.238 e. The number of hydrogen-bond acceptors (Lipinski definition) is 3. The molecule has 1 aliphatic carbocycles. The molecule has 0 spiro atoms. The fourth-order valence-electron chi connectivity index (χ4n) is 2.18.